The molecule has 3 nitrogen and oxygen atoms in total. The highest BCUT2D eigenvalue weighted by Gasteiger charge is 2.09. The number of halogens is 1. The van der Waals surface area contributed by atoms with E-state index in [0.29, 0.717) is 18.7 Å². The molecular formula is C14H20BrNO2. The predicted molar refractivity (Wildman–Crippen MR) is 76.9 cm³/mol. The van der Waals surface area contributed by atoms with Crippen LogP contribution in [0.1, 0.15) is 36.2 Å². The van der Waals surface area contributed by atoms with Crippen molar-refractivity contribution in [3.8, 4) is 0 Å². The van der Waals surface area contributed by atoms with Crippen molar-refractivity contribution in [1.82, 2.24) is 5.32 Å². The molecule has 0 fully saturated rings. The van der Waals surface area contributed by atoms with E-state index in [1.165, 1.54) is 0 Å². The Morgan fingerprint density at radius 1 is 1.44 bits per heavy atom. The summed E-state index contributed by atoms with van der Waals surface area (Å²) in [6.07, 6.45) is 1.07. The maximum atomic E-state index is 11.9. The fourth-order valence-electron chi connectivity index (χ4n) is 1.50. The molecule has 0 heterocycles. The Hall–Kier alpha value is -0.870. The van der Waals surface area contributed by atoms with Crippen molar-refractivity contribution in [1.29, 1.82) is 0 Å². The molecule has 18 heavy (non-hydrogen) atoms. The van der Waals surface area contributed by atoms with Gasteiger partial charge in [0.25, 0.3) is 5.91 Å². The second kappa shape index (κ2) is 7.54. The van der Waals surface area contributed by atoms with Crippen molar-refractivity contribution in [3.63, 3.8) is 0 Å². The molecule has 1 N–H and O–H groups in total. The van der Waals surface area contributed by atoms with Gasteiger partial charge in [0.15, 0.2) is 0 Å². The Kier molecular flexibility index (Phi) is 6.36. The number of carbonyl (C=O) groups is 1. The summed E-state index contributed by atoms with van der Waals surface area (Å²) in [7, 11) is 0. The highest BCUT2D eigenvalue weighted by atomic mass is 79.9. The Bertz CT molecular complexity index is 405. The maximum Gasteiger partial charge on any atom is 0.252 e. The number of hydrogen-bond acceptors (Lipinski definition) is 2. The molecule has 0 saturated heterocycles. The second-order valence-electron chi connectivity index (χ2n) is 4.51. The molecule has 0 bridgehead atoms. The molecule has 0 aliphatic heterocycles. The number of amides is 1. The lowest BCUT2D eigenvalue weighted by Gasteiger charge is -2.09. The Balaban J connectivity index is 2.39. The van der Waals surface area contributed by atoms with Crippen molar-refractivity contribution in [2.24, 2.45) is 0 Å². The van der Waals surface area contributed by atoms with Gasteiger partial charge in [0.05, 0.1) is 11.7 Å². The second-order valence-corrected chi connectivity index (χ2v) is 5.37. The summed E-state index contributed by atoms with van der Waals surface area (Å²) >= 11 is 3.39. The summed E-state index contributed by atoms with van der Waals surface area (Å²) in [6, 6.07) is 5.74. The first kappa shape index (κ1) is 15.2. The monoisotopic (exact) mass is 313 g/mol. The van der Waals surface area contributed by atoms with Crippen molar-refractivity contribution >= 4 is 21.8 Å². The smallest absolute Gasteiger partial charge is 0.252 e. The van der Waals surface area contributed by atoms with Gasteiger partial charge >= 0.3 is 0 Å². The van der Waals surface area contributed by atoms with Gasteiger partial charge in [0.2, 0.25) is 0 Å². The molecule has 0 aliphatic rings. The highest BCUT2D eigenvalue weighted by molar-refractivity contribution is 9.10. The molecule has 0 unspecified atom stereocenters. The number of benzene rings is 1. The van der Waals surface area contributed by atoms with Crippen LogP contribution in [-0.2, 0) is 4.74 Å². The lowest BCUT2D eigenvalue weighted by Crippen LogP contribution is -2.26. The van der Waals surface area contributed by atoms with Crippen molar-refractivity contribution in [3.05, 3.63) is 33.8 Å². The van der Waals surface area contributed by atoms with Gasteiger partial charge in [-0.05, 0) is 55.3 Å². The zero-order chi connectivity index (χ0) is 13.5. The lowest BCUT2D eigenvalue weighted by molar-refractivity contribution is 0.0757. The molecule has 1 aromatic rings. The SMILES string of the molecule is Cc1ccc(Br)c(C(=O)NCCCOC(C)C)c1. The third kappa shape index (κ3) is 5.19. The van der Waals surface area contributed by atoms with Gasteiger partial charge in [0.1, 0.15) is 0 Å². The van der Waals surface area contributed by atoms with Gasteiger partial charge in [0, 0.05) is 17.6 Å². The summed E-state index contributed by atoms with van der Waals surface area (Å²) in [6.45, 7) is 7.28. The van der Waals surface area contributed by atoms with Crippen LogP contribution in [0.4, 0.5) is 0 Å². The van der Waals surface area contributed by atoms with Gasteiger partial charge in [-0.1, -0.05) is 11.6 Å². The molecule has 0 atom stereocenters. The zero-order valence-electron chi connectivity index (χ0n) is 11.1. The predicted octanol–water partition coefficient (Wildman–Crippen LogP) is 3.30. The number of hydrogen-bond donors (Lipinski definition) is 1. The van der Waals surface area contributed by atoms with Crippen LogP contribution in [0.5, 0.6) is 0 Å². The first-order chi connectivity index (χ1) is 8.50. The molecule has 1 amide bonds. The quantitative estimate of drug-likeness (QED) is 0.818. The van der Waals surface area contributed by atoms with Crippen LogP contribution in [0, 0.1) is 6.92 Å². The van der Waals surface area contributed by atoms with Crippen LogP contribution < -0.4 is 5.32 Å². The molecule has 100 valence electrons. The first-order valence-corrected chi connectivity index (χ1v) is 6.96. The molecule has 1 aromatic carbocycles. The Labute approximate surface area is 117 Å². The standard InChI is InChI=1S/C14H20BrNO2/c1-10(2)18-8-4-7-16-14(17)12-9-11(3)5-6-13(12)15/h5-6,9-10H,4,7-8H2,1-3H3,(H,16,17). The van der Waals surface area contributed by atoms with Gasteiger partial charge in [-0.2, -0.15) is 0 Å². The average molecular weight is 314 g/mol. The summed E-state index contributed by atoms with van der Waals surface area (Å²) in [5.74, 6) is -0.0462. The van der Waals surface area contributed by atoms with Crippen molar-refractivity contribution in [2.75, 3.05) is 13.2 Å². The summed E-state index contributed by atoms with van der Waals surface area (Å²) in [5.41, 5.74) is 1.76. The maximum absolute atomic E-state index is 11.9. The van der Waals surface area contributed by atoms with Crippen LogP contribution in [0.2, 0.25) is 0 Å². The van der Waals surface area contributed by atoms with Gasteiger partial charge in [-0.3, -0.25) is 4.79 Å². The molecule has 0 spiro atoms. The number of nitrogens with one attached hydrogen (secondary N) is 1. The highest BCUT2D eigenvalue weighted by Crippen LogP contribution is 2.17. The third-order valence-electron chi connectivity index (χ3n) is 2.42. The van der Waals surface area contributed by atoms with E-state index in [-0.39, 0.29) is 12.0 Å². The number of ether oxygens (including phenoxy) is 1. The van der Waals surface area contributed by atoms with Crippen LogP contribution in [-0.4, -0.2) is 25.2 Å². The normalized spacial score (nSPS) is 10.7. The van der Waals surface area contributed by atoms with E-state index in [4.69, 9.17) is 4.74 Å². The van der Waals surface area contributed by atoms with E-state index in [0.717, 1.165) is 16.5 Å². The lowest BCUT2D eigenvalue weighted by atomic mass is 10.1. The summed E-state index contributed by atoms with van der Waals surface area (Å²) in [5, 5.41) is 2.89. The number of carbonyl (C=O) groups excluding carboxylic acids is 1. The first-order valence-electron chi connectivity index (χ1n) is 6.16. The Morgan fingerprint density at radius 3 is 2.83 bits per heavy atom. The van der Waals surface area contributed by atoms with E-state index < -0.39 is 0 Å². The molecule has 0 aliphatic carbocycles. The van der Waals surface area contributed by atoms with Gasteiger partial charge < -0.3 is 10.1 Å². The third-order valence-corrected chi connectivity index (χ3v) is 3.12. The van der Waals surface area contributed by atoms with Crippen LogP contribution in [0.25, 0.3) is 0 Å². The van der Waals surface area contributed by atoms with Crippen LogP contribution >= 0.6 is 15.9 Å². The van der Waals surface area contributed by atoms with Crippen molar-refractivity contribution in [2.45, 2.75) is 33.3 Å². The molecule has 4 heteroatoms. The zero-order valence-corrected chi connectivity index (χ0v) is 12.7. The summed E-state index contributed by atoms with van der Waals surface area (Å²) in [4.78, 5) is 11.9. The summed E-state index contributed by atoms with van der Waals surface area (Å²) < 4.78 is 6.23. The fraction of sp³-hybridized carbons (Fsp3) is 0.500. The molecule has 1 rings (SSSR count). The van der Waals surface area contributed by atoms with E-state index in [1.807, 2.05) is 39.0 Å². The average Bonchev–Trinajstić information content (AvgIpc) is 2.31. The minimum Gasteiger partial charge on any atom is -0.379 e. The largest absolute Gasteiger partial charge is 0.379 e. The fourth-order valence-corrected chi connectivity index (χ4v) is 1.93. The van der Waals surface area contributed by atoms with Crippen molar-refractivity contribution < 1.29 is 9.53 Å². The van der Waals surface area contributed by atoms with E-state index in [1.54, 1.807) is 0 Å². The van der Waals surface area contributed by atoms with Gasteiger partial charge in [-0.15, -0.1) is 0 Å². The molecular weight excluding hydrogens is 294 g/mol. The van der Waals surface area contributed by atoms with E-state index >= 15 is 0 Å². The van der Waals surface area contributed by atoms with Crippen LogP contribution in [0.15, 0.2) is 22.7 Å². The number of aryl methyl sites for hydroxylation is 1. The van der Waals surface area contributed by atoms with Crippen LogP contribution in [0.3, 0.4) is 0 Å². The minimum absolute atomic E-state index is 0.0462. The minimum atomic E-state index is -0.0462. The Morgan fingerprint density at radius 2 is 2.17 bits per heavy atom. The van der Waals surface area contributed by atoms with E-state index in [2.05, 4.69) is 21.2 Å². The number of rotatable bonds is 6. The molecule has 0 saturated carbocycles. The molecule has 0 radical (unpaired) electrons. The topological polar surface area (TPSA) is 38.3 Å². The van der Waals surface area contributed by atoms with Gasteiger partial charge in [-0.25, -0.2) is 0 Å². The van der Waals surface area contributed by atoms with E-state index in [9.17, 15) is 4.79 Å². The molecule has 0 aromatic heterocycles.